The number of halogens is 2. The number of amides is 1. The highest BCUT2D eigenvalue weighted by Crippen LogP contribution is 2.22. The first-order chi connectivity index (χ1) is 10.7. The molecule has 0 saturated carbocycles. The maximum atomic E-state index is 12.0. The van der Waals surface area contributed by atoms with Crippen LogP contribution in [0.25, 0.3) is 0 Å². The average molecular weight is 359 g/mol. The molecule has 0 radical (unpaired) electrons. The van der Waals surface area contributed by atoms with Crippen LogP contribution in [-0.2, 0) is 11.3 Å². The normalized spacial score (nSPS) is 18.3. The van der Waals surface area contributed by atoms with Crippen molar-refractivity contribution in [1.82, 2.24) is 10.2 Å². The molecule has 1 aromatic carbocycles. The van der Waals surface area contributed by atoms with E-state index in [9.17, 15) is 4.79 Å². The number of nitrogens with zero attached hydrogens (tertiary/aromatic N) is 1. The van der Waals surface area contributed by atoms with Gasteiger partial charge in [-0.05, 0) is 56.9 Å². The lowest BCUT2D eigenvalue weighted by Gasteiger charge is -2.24. The van der Waals surface area contributed by atoms with Gasteiger partial charge in [0.15, 0.2) is 0 Å². The van der Waals surface area contributed by atoms with E-state index >= 15 is 0 Å². The van der Waals surface area contributed by atoms with E-state index in [4.69, 9.17) is 27.9 Å². The van der Waals surface area contributed by atoms with Crippen molar-refractivity contribution in [2.75, 3.05) is 19.6 Å². The van der Waals surface area contributed by atoms with E-state index in [0.29, 0.717) is 22.5 Å². The largest absolute Gasteiger partial charge is 0.444 e. The summed E-state index contributed by atoms with van der Waals surface area (Å²) in [6, 6.07) is 5.46. The zero-order valence-electron chi connectivity index (χ0n) is 13.9. The molecule has 0 spiro atoms. The van der Waals surface area contributed by atoms with Gasteiger partial charge in [0.05, 0.1) is 0 Å². The summed E-state index contributed by atoms with van der Waals surface area (Å²) in [7, 11) is 0. The van der Waals surface area contributed by atoms with Gasteiger partial charge in [0.2, 0.25) is 0 Å². The molecular formula is C17H24Cl2N2O2. The number of hydrogen-bond acceptors (Lipinski definition) is 3. The molecule has 1 atom stereocenters. The van der Waals surface area contributed by atoms with E-state index < -0.39 is 5.60 Å². The second kappa shape index (κ2) is 7.73. The summed E-state index contributed by atoms with van der Waals surface area (Å²) in [6.07, 6.45) is 0.757. The van der Waals surface area contributed by atoms with E-state index in [1.165, 1.54) is 0 Å². The second-order valence-electron chi connectivity index (χ2n) is 6.95. The van der Waals surface area contributed by atoms with Gasteiger partial charge in [-0.2, -0.15) is 0 Å². The van der Waals surface area contributed by atoms with Crippen molar-refractivity contribution < 1.29 is 9.53 Å². The fraction of sp³-hybridized carbons (Fsp3) is 0.588. The van der Waals surface area contributed by atoms with Crippen LogP contribution in [0.4, 0.5) is 4.79 Å². The molecule has 0 aromatic heterocycles. The molecule has 1 amide bonds. The first-order valence-corrected chi connectivity index (χ1v) is 8.63. The molecule has 0 bridgehead atoms. The van der Waals surface area contributed by atoms with Crippen molar-refractivity contribution >= 4 is 29.3 Å². The van der Waals surface area contributed by atoms with E-state index in [0.717, 1.165) is 31.6 Å². The summed E-state index contributed by atoms with van der Waals surface area (Å²) in [5.41, 5.74) is 0.540. The van der Waals surface area contributed by atoms with Crippen LogP contribution in [-0.4, -0.2) is 36.2 Å². The molecule has 1 aromatic rings. The molecule has 1 aliphatic heterocycles. The smallest absolute Gasteiger partial charge is 0.410 e. The van der Waals surface area contributed by atoms with Crippen LogP contribution in [0.5, 0.6) is 0 Å². The van der Waals surface area contributed by atoms with Crippen LogP contribution < -0.4 is 5.32 Å². The fourth-order valence-electron chi connectivity index (χ4n) is 2.58. The highest BCUT2D eigenvalue weighted by molar-refractivity contribution is 6.33. The molecule has 2 rings (SSSR count). The number of nitrogens with one attached hydrogen (secondary N) is 1. The number of likely N-dealkylation sites (tertiary alicyclic amines) is 1. The minimum atomic E-state index is -0.448. The van der Waals surface area contributed by atoms with Gasteiger partial charge in [0.25, 0.3) is 0 Å². The number of carbonyl (C=O) groups excluding carboxylic acids is 1. The molecule has 1 fully saturated rings. The standard InChI is InChI=1S/C17H24Cl2N2O2/c1-17(2,3)23-16(22)21-7-6-12(11-21)9-20-10-13-8-14(18)4-5-15(13)19/h4-5,8,12,20H,6-7,9-11H2,1-3H3. The monoisotopic (exact) mass is 358 g/mol. The molecule has 1 unspecified atom stereocenters. The Kier molecular flexibility index (Phi) is 6.18. The Bertz CT molecular complexity index is 558. The Morgan fingerprint density at radius 2 is 2.13 bits per heavy atom. The van der Waals surface area contributed by atoms with Crippen molar-refractivity contribution in [2.45, 2.75) is 39.3 Å². The summed E-state index contributed by atoms with van der Waals surface area (Å²) in [5, 5.41) is 4.79. The van der Waals surface area contributed by atoms with E-state index in [1.54, 1.807) is 17.0 Å². The topological polar surface area (TPSA) is 41.6 Å². The molecule has 1 heterocycles. The Hall–Kier alpha value is -0.970. The van der Waals surface area contributed by atoms with Crippen LogP contribution in [0.15, 0.2) is 18.2 Å². The quantitative estimate of drug-likeness (QED) is 0.870. The molecule has 128 valence electrons. The first kappa shape index (κ1) is 18.4. The van der Waals surface area contributed by atoms with Gasteiger partial charge >= 0.3 is 6.09 Å². The molecule has 4 nitrogen and oxygen atoms in total. The minimum absolute atomic E-state index is 0.224. The number of ether oxygens (including phenoxy) is 1. The van der Waals surface area contributed by atoms with Crippen LogP contribution in [0.3, 0.4) is 0 Å². The summed E-state index contributed by atoms with van der Waals surface area (Å²) < 4.78 is 5.41. The molecule has 1 N–H and O–H groups in total. The van der Waals surface area contributed by atoms with Crippen LogP contribution in [0.2, 0.25) is 10.0 Å². The van der Waals surface area contributed by atoms with Crippen molar-refractivity contribution in [3.63, 3.8) is 0 Å². The summed E-state index contributed by atoms with van der Waals surface area (Å²) >= 11 is 12.1. The SMILES string of the molecule is CC(C)(C)OC(=O)N1CCC(CNCc2cc(Cl)ccc2Cl)C1. The highest BCUT2D eigenvalue weighted by Gasteiger charge is 2.29. The van der Waals surface area contributed by atoms with E-state index in [-0.39, 0.29) is 6.09 Å². The fourth-order valence-corrected chi connectivity index (χ4v) is 2.96. The zero-order valence-corrected chi connectivity index (χ0v) is 15.4. The van der Waals surface area contributed by atoms with Crippen LogP contribution >= 0.6 is 23.2 Å². The number of hydrogen-bond donors (Lipinski definition) is 1. The predicted octanol–water partition coefficient (Wildman–Crippen LogP) is 4.34. The minimum Gasteiger partial charge on any atom is -0.444 e. The second-order valence-corrected chi connectivity index (χ2v) is 7.79. The summed E-state index contributed by atoms with van der Waals surface area (Å²) in [4.78, 5) is 13.8. The molecule has 1 saturated heterocycles. The molecule has 0 aliphatic carbocycles. The lowest BCUT2D eigenvalue weighted by atomic mass is 10.1. The van der Waals surface area contributed by atoms with Gasteiger partial charge in [-0.1, -0.05) is 23.2 Å². The lowest BCUT2D eigenvalue weighted by Crippen LogP contribution is -2.36. The maximum Gasteiger partial charge on any atom is 0.410 e. The third-order valence-corrected chi connectivity index (χ3v) is 4.30. The van der Waals surface area contributed by atoms with Crippen LogP contribution in [0, 0.1) is 5.92 Å². The van der Waals surface area contributed by atoms with Crippen molar-refractivity contribution in [3.8, 4) is 0 Å². The lowest BCUT2D eigenvalue weighted by molar-refractivity contribution is 0.0288. The molecular weight excluding hydrogens is 335 g/mol. The van der Waals surface area contributed by atoms with E-state index in [1.807, 2.05) is 26.8 Å². The summed E-state index contributed by atoms with van der Waals surface area (Å²) in [6.45, 7) is 8.63. The van der Waals surface area contributed by atoms with Gasteiger partial charge in [-0.25, -0.2) is 4.79 Å². The average Bonchev–Trinajstić information content (AvgIpc) is 2.90. The van der Waals surface area contributed by atoms with Crippen molar-refractivity contribution in [3.05, 3.63) is 33.8 Å². The third-order valence-electron chi connectivity index (χ3n) is 3.69. The Morgan fingerprint density at radius 1 is 1.39 bits per heavy atom. The van der Waals surface area contributed by atoms with Gasteiger partial charge < -0.3 is 15.0 Å². The molecule has 6 heteroatoms. The van der Waals surface area contributed by atoms with Gasteiger partial charge in [0.1, 0.15) is 5.60 Å². The Morgan fingerprint density at radius 3 is 2.83 bits per heavy atom. The number of rotatable bonds is 4. The Labute approximate surface area is 148 Å². The Balaban J connectivity index is 1.76. The number of benzene rings is 1. The van der Waals surface area contributed by atoms with Crippen molar-refractivity contribution in [2.24, 2.45) is 5.92 Å². The number of carbonyl (C=O) groups is 1. The van der Waals surface area contributed by atoms with Gasteiger partial charge in [-0.15, -0.1) is 0 Å². The van der Waals surface area contributed by atoms with Gasteiger partial charge in [0, 0.05) is 36.2 Å². The maximum absolute atomic E-state index is 12.0. The van der Waals surface area contributed by atoms with Crippen LogP contribution in [0.1, 0.15) is 32.8 Å². The van der Waals surface area contributed by atoms with Gasteiger partial charge in [-0.3, -0.25) is 0 Å². The van der Waals surface area contributed by atoms with E-state index in [2.05, 4.69) is 5.32 Å². The van der Waals surface area contributed by atoms with Crippen molar-refractivity contribution in [1.29, 1.82) is 0 Å². The first-order valence-electron chi connectivity index (χ1n) is 7.87. The third kappa shape index (κ3) is 5.87. The summed E-state index contributed by atoms with van der Waals surface area (Å²) in [5.74, 6) is 0.431. The predicted molar refractivity (Wildman–Crippen MR) is 94.1 cm³/mol. The molecule has 1 aliphatic rings. The highest BCUT2D eigenvalue weighted by atomic mass is 35.5. The molecule has 23 heavy (non-hydrogen) atoms. The zero-order chi connectivity index (χ0) is 17.0.